The molecular weight excluding hydrogens is 404 g/mol. The summed E-state index contributed by atoms with van der Waals surface area (Å²) >= 11 is 7.33. The Labute approximate surface area is 177 Å². The zero-order valence-corrected chi connectivity index (χ0v) is 17.7. The molecule has 1 amide bonds. The van der Waals surface area contributed by atoms with Crippen LogP contribution in [0.4, 0.5) is 0 Å². The fraction of sp³-hybridized carbons (Fsp3) is 0.182. The Balaban J connectivity index is 1.58. The van der Waals surface area contributed by atoms with Crippen molar-refractivity contribution in [2.75, 3.05) is 0 Å². The Hall–Kier alpha value is -2.83. The van der Waals surface area contributed by atoms with Crippen LogP contribution in [0.1, 0.15) is 32.1 Å². The Morgan fingerprint density at radius 3 is 2.59 bits per heavy atom. The summed E-state index contributed by atoms with van der Waals surface area (Å²) in [4.78, 5) is 15.4. The number of hydrogen-bond acceptors (Lipinski definition) is 3. The van der Waals surface area contributed by atoms with Crippen LogP contribution in [0.5, 0.6) is 0 Å². The largest absolute Gasteiger partial charge is 0.327 e. The molecule has 1 aliphatic heterocycles. The SMILES string of the molecule is Cc1ccc(-n2nc3c(c2-n2cccc2)CN(C(=O)c2ccc(Cl)s2)C3)c(C)c1. The van der Waals surface area contributed by atoms with Crippen LogP contribution in [0, 0.1) is 13.8 Å². The van der Waals surface area contributed by atoms with Crippen molar-refractivity contribution in [2.45, 2.75) is 26.9 Å². The van der Waals surface area contributed by atoms with Crippen LogP contribution in [-0.2, 0) is 13.1 Å². The van der Waals surface area contributed by atoms with Crippen molar-refractivity contribution in [2.24, 2.45) is 0 Å². The standard InChI is InChI=1S/C22H19ClN4OS/c1-14-5-6-18(15(2)11-14)27-21(25-9-3-4-10-25)16-12-26(13-17(16)24-27)22(28)19-7-8-20(23)29-19/h3-11H,12-13H2,1-2H3. The molecule has 0 bridgehead atoms. The third-order valence-corrected chi connectivity index (χ3v) is 6.45. The number of aryl methyl sites for hydroxylation is 2. The van der Waals surface area contributed by atoms with Gasteiger partial charge in [-0.3, -0.25) is 4.79 Å². The molecule has 5 rings (SSSR count). The number of aromatic nitrogens is 3. The number of halogens is 1. The minimum Gasteiger partial charge on any atom is -0.327 e. The van der Waals surface area contributed by atoms with Crippen molar-refractivity contribution in [3.63, 3.8) is 0 Å². The van der Waals surface area contributed by atoms with E-state index in [4.69, 9.17) is 16.7 Å². The molecule has 1 aliphatic rings. The van der Waals surface area contributed by atoms with Gasteiger partial charge in [0, 0.05) is 18.0 Å². The van der Waals surface area contributed by atoms with Crippen molar-refractivity contribution in [1.29, 1.82) is 0 Å². The molecule has 3 aromatic heterocycles. The second-order valence-electron chi connectivity index (χ2n) is 7.31. The van der Waals surface area contributed by atoms with Crippen LogP contribution < -0.4 is 0 Å². The first-order chi connectivity index (χ1) is 14.0. The van der Waals surface area contributed by atoms with Gasteiger partial charge in [0.15, 0.2) is 0 Å². The number of amides is 1. The lowest BCUT2D eigenvalue weighted by molar-refractivity contribution is 0.0754. The van der Waals surface area contributed by atoms with E-state index in [1.165, 1.54) is 22.5 Å². The summed E-state index contributed by atoms with van der Waals surface area (Å²) in [5, 5.41) is 4.92. The lowest BCUT2D eigenvalue weighted by Gasteiger charge is -2.17. The van der Waals surface area contributed by atoms with E-state index in [-0.39, 0.29) is 5.91 Å². The number of benzene rings is 1. The topological polar surface area (TPSA) is 43.1 Å². The first-order valence-corrected chi connectivity index (χ1v) is 10.6. The van der Waals surface area contributed by atoms with Crippen molar-refractivity contribution in [3.05, 3.63) is 86.5 Å². The van der Waals surface area contributed by atoms with E-state index in [9.17, 15) is 4.79 Å². The van der Waals surface area contributed by atoms with E-state index in [1.807, 2.05) is 34.1 Å². The van der Waals surface area contributed by atoms with Gasteiger partial charge in [-0.15, -0.1) is 11.3 Å². The summed E-state index contributed by atoms with van der Waals surface area (Å²) in [6.45, 7) is 5.22. The molecule has 0 unspecified atom stereocenters. The Kier molecular flexibility index (Phi) is 4.33. The fourth-order valence-corrected chi connectivity index (χ4v) is 4.89. The van der Waals surface area contributed by atoms with Gasteiger partial charge < -0.3 is 9.47 Å². The molecule has 0 radical (unpaired) electrons. The number of fused-ring (bicyclic) bond motifs is 1. The molecule has 146 valence electrons. The van der Waals surface area contributed by atoms with Gasteiger partial charge in [-0.1, -0.05) is 29.3 Å². The highest BCUT2D eigenvalue weighted by Gasteiger charge is 2.32. The minimum atomic E-state index is -0.00331. The number of hydrogen-bond donors (Lipinski definition) is 0. The number of rotatable bonds is 3. The molecule has 0 saturated carbocycles. The smallest absolute Gasteiger partial charge is 0.264 e. The normalized spacial score (nSPS) is 13.1. The second-order valence-corrected chi connectivity index (χ2v) is 9.02. The molecular formula is C22H19ClN4OS. The predicted molar refractivity (Wildman–Crippen MR) is 115 cm³/mol. The number of thiophene rings is 1. The van der Waals surface area contributed by atoms with Crippen LogP contribution in [0.15, 0.2) is 54.9 Å². The summed E-state index contributed by atoms with van der Waals surface area (Å²) < 4.78 is 4.70. The van der Waals surface area contributed by atoms with Crippen molar-refractivity contribution in [1.82, 2.24) is 19.2 Å². The average Bonchev–Trinajstić information content (AvgIpc) is 3.44. The zero-order valence-electron chi connectivity index (χ0n) is 16.1. The highest BCUT2D eigenvalue weighted by molar-refractivity contribution is 7.17. The molecule has 1 aromatic carbocycles. The zero-order chi connectivity index (χ0) is 20.1. The lowest BCUT2D eigenvalue weighted by Crippen LogP contribution is -2.25. The first kappa shape index (κ1) is 18.2. The number of carbonyl (C=O) groups is 1. The van der Waals surface area contributed by atoms with E-state index in [0.717, 1.165) is 22.8 Å². The van der Waals surface area contributed by atoms with Crippen molar-refractivity contribution < 1.29 is 4.79 Å². The Bertz CT molecular complexity index is 1220. The van der Waals surface area contributed by atoms with Gasteiger partial charge in [0.1, 0.15) is 5.82 Å². The summed E-state index contributed by atoms with van der Waals surface area (Å²) in [6.07, 6.45) is 4.03. The van der Waals surface area contributed by atoms with E-state index < -0.39 is 0 Å². The van der Waals surface area contributed by atoms with Gasteiger partial charge in [0.2, 0.25) is 0 Å². The maximum Gasteiger partial charge on any atom is 0.264 e. The summed E-state index contributed by atoms with van der Waals surface area (Å²) in [7, 11) is 0. The Morgan fingerprint density at radius 1 is 1.10 bits per heavy atom. The summed E-state index contributed by atoms with van der Waals surface area (Å²) in [6, 6.07) is 13.9. The van der Waals surface area contributed by atoms with Gasteiger partial charge in [-0.05, 0) is 49.7 Å². The van der Waals surface area contributed by atoms with E-state index in [0.29, 0.717) is 22.3 Å². The Morgan fingerprint density at radius 2 is 1.90 bits per heavy atom. The minimum absolute atomic E-state index is 0.00331. The second kappa shape index (κ2) is 6.90. The maximum absolute atomic E-state index is 12.9. The molecule has 0 atom stereocenters. The van der Waals surface area contributed by atoms with Gasteiger partial charge in [-0.25, -0.2) is 4.68 Å². The van der Waals surface area contributed by atoms with E-state index in [2.05, 4.69) is 36.6 Å². The van der Waals surface area contributed by atoms with Gasteiger partial charge in [-0.2, -0.15) is 5.10 Å². The highest BCUT2D eigenvalue weighted by atomic mass is 35.5. The van der Waals surface area contributed by atoms with Crippen molar-refractivity contribution >= 4 is 28.8 Å². The molecule has 0 saturated heterocycles. The van der Waals surface area contributed by atoms with Crippen LogP contribution in [0.2, 0.25) is 4.34 Å². The number of nitrogens with zero attached hydrogens (tertiary/aromatic N) is 4. The molecule has 29 heavy (non-hydrogen) atoms. The monoisotopic (exact) mass is 422 g/mol. The van der Waals surface area contributed by atoms with Crippen LogP contribution >= 0.6 is 22.9 Å². The molecule has 0 aliphatic carbocycles. The predicted octanol–water partition coefficient (Wildman–Crippen LogP) is 5.15. The quantitative estimate of drug-likeness (QED) is 0.458. The molecule has 4 aromatic rings. The third-order valence-electron chi connectivity index (χ3n) is 5.23. The third kappa shape index (κ3) is 3.09. The van der Waals surface area contributed by atoms with Gasteiger partial charge in [0.25, 0.3) is 5.91 Å². The average molecular weight is 423 g/mol. The molecule has 4 heterocycles. The van der Waals surface area contributed by atoms with Gasteiger partial charge in [0.05, 0.1) is 33.7 Å². The van der Waals surface area contributed by atoms with Gasteiger partial charge >= 0.3 is 0 Å². The van der Waals surface area contributed by atoms with Crippen LogP contribution in [0.25, 0.3) is 11.5 Å². The maximum atomic E-state index is 12.9. The van der Waals surface area contributed by atoms with E-state index in [1.54, 1.807) is 12.1 Å². The molecule has 5 nitrogen and oxygen atoms in total. The molecule has 0 fully saturated rings. The molecule has 7 heteroatoms. The number of carbonyl (C=O) groups excluding carboxylic acids is 1. The fourth-order valence-electron chi connectivity index (χ4n) is 3.88. The van der Waals surface area contributed by atoms with Crippen molar-refractivity contribution in [3.8, 4) is 11.5 Å². The summed E-state index contributed by atoms with van der Waals surface area (Å²) in [5.74, 6) is 0.980. The highest BCUT2D eigenvalue weighted by Crippen LogP contribution is 2.33. The first-order valence-electron chi connectivity index (χ1n) is 9.37. The summed E-state index contributed by atoms with van der Waals surface area (Å²) in [5.41, 5.74) is 5.46. The van der Waals surface area contributed by atoms with Crippen LogP contribution in [-0.4, -0.2) is 25.2 Å². The van der Waals surface area contributed by atoms with E-state index >= 15 is 0 Å². The lowest BCUT2D eigenvalue weighted by atomic mass is 10.1. The molecule has 0 spiro atoms. The van der Waals surface area contributed by atoms with Crippen LogP contribution in [0.3, 0.4) is 0 Å². The molecule has 0 N–H and O–H groups in total.